The van der Waals surface area contributed by atoms with Crippen molar-refractivity contribution in [2.45, 2.75) is 26.0 Å². The molecule has 1 heterocycles. The number of benzene rings is 3. The van der Waals surface area contributed by atoms with E-state index in [0.29, 0.717) is 30.2 Å². The molecule has 32 heavy (non-hydrogen) atoms. The van der Waals surface area contributed by atoms with Crippen LogP contribution in [0.4, 0.5) is 5.69 Å². The van der Waals surface area contributed by atoms with Gasteiger partial charge in [-0.05, 0) is 67.9 Å². The van der Waals surface area contributed by atoms with Crippen LogP contribution in [0, 0.1) is 0 Å². The highest BCUT2D eigenvalue weighted by atomic mass is 16.5. The van der Waals surface area contributed by atoms with Gasteiger partial charge in [-0.25, -0.2) is 4.79 Å². The molecule has 3 aromatic rings. The summed E-state index contributed by atoms with van der Waals surface area (Å²) in [4.78, 5) is 26.8. The quantitative estimate of drug-likeness (QED) is 0.379. The summed E-state index contributed by atoms with van der Waals surface area (Å²) in [5, 5.41) is 0. The lowest BCUT2D eigenvalue weighted by Gasteiger charge is -2.46. The Morgan fingerprint density at radius 2 is 1.53 bits per heavy atom. The number of hydrogen-bond donors (Lipinski definition) is 0. The fraction of sp³-hybridized carbons (Fsp3) is 0.231. The molecule has 0 saturated carbocycles. The fourth-order valence-corrected chi connectivity index (χ4v) is 3.74. The Morgan fingerprint density at radius 1 is 0.844 bits per heavy atom. The Labute approximate surface area is 187 Å². The molecule has 164 valence electrons. The summed E-state index contributed by atoms with van der Waals surface area (Å²) in [5.74, 6) is 0.880. The molecule has 1 saturated heterocycles. The van der Waals surface area contributed by atoms with Crippen LogP contribution in [0.5, 0.6) is 11.5 Å². The minimum absolute atomic E-state index is 0.142. The zero-order valence-corrected chi connectivity index (χ0v) is 18.1. The van der Waals surface area contributed by atoms with E-state index >= 15 is 0 Å². The van der Waals surface area contributed by atoms with Crippen LogP contribution in [0.25, 0.3) is 0 Å². The van der Waals surface area contributed by atoms with Crippen LogP contribution in [0.2, 0.25) is 0 Å². The lowest BCUT2D eigenvalue weighted by Crippen LogP contribution is -2.61. The van der Waals surface area contributed by atoms with Crippen LogP contribution >= 0.6 is 0 Å². The van der Waals surface area contributed by atoms with Gasteiger partial charge in [0.2, 0.25) is 6.10 Å². The molecular formula is C26H25NO5. The van der Waals surface area contributed by atoms with E-state index in [0.717, 1.165) is 11.3 Å². The average molecular weight is 431 g/mol. The molecule has 0 aliphatic carbocycles. The summed E-state index contributed by atoms with van der Waals surface area (Å²) in [6.45, 7) is 4.59. The maximum atomic E-state index is 13.1. The van der Waals surface area contributed by atoms with Gasteiger partial charge in [0.05, 0.1) is 18.8 Å². The molecule has 0 unspecified atom stereocenters. The first-order valence-corrected chi connectivity index (χ1v) is 10.7. The van der Waals surface area contributed by atoms with E-state index in [2.05, 4.69) is 0 Å². The third-order valence-electron chi connectivity index (χ3n) is 5.24. The van der Waals surface area contributed by atoms with Crippen molar-refractivity contribution in [3.05, 3.63) is 90.0 Å². The summed E-state index contributed by atoms with van der Waals surface area (Å²) in [6.07, 6.45) is -0.653. The lowest BCUT2D eigenvalue weighted by atomic mass is 9.89. The molecule has 1 fully saturated rings. The second-order valence-electron chi connectivity index (χ2n) is 7.27. The van der Waals surface area contributed by atoms with Crippen molar-refractivity contribution < 1.29 is 23.8 Å². The van der Waals surface area contributed by atoms with Gasteiger partial charge in [-0.1, -0.05) is 30.3 Å². The molecule has 0 bridgehead atoms. The first-order chi connectivity index (χ1) is 15.6. The molecule has 6 heteroatoms. The summed E-state index contributed by atoms with van der Waals surface area (Å²) >= 11 is 0. The standard InChI is InChI=1S/C26H25NO5/c1-3-30-21-16-12-18(13-17-21)23-24(32-22-8-6-5-7-9-22)25(28)27(23)20-14-10-19(11-15-20)26(29)31-4-2/h5-17,23-24H,3-4H2,1-2H3/t23-,24-/m0/s1. The molecule has 6 nitrogen and oxygen atoms in total. The summed E-state index contributed by atoms with van der Waals surface area (Å²) < 4.78 is 16.6. The van der Waals surface area contributed by atoms with Crippen LogP contribution < -0.4 is 14.4 Å². The number of nitrogens with zero attached hydrogens (tertiary/aromatic N) is 1. The minimum atomic E-state index is -0.653. The number of esters is 1. The number of β-lactam (4-membered cyclic amide) rings is 1. The fourth-order valence-electron chi connectivity index (χ4n) is 3.74. The van der Waals surface area contributed by atoms with Gasteiger partial charge in [0.15, 0.2) is 0 Å². The van der Waals surface area contributed by atoms with Crippen LogP contribution in [0.3, 0.4) is 0 Å². The molecule has 0 N–H and O–H groups in total. The molecule has 0 radical (unpaired) electrons. The Kier molecular flexibility index (Phi) is 6.40. The maximum absolute atomic E-state index is 13.1. The van der Waals surface area contributed by atoms with E-state index in [4.69, 9.17) is 14.2 Å². The first kappa shape index (κ1) is 21.4. The first-order valence-electron chi connectivity index (χ1n) is 10.7. The number of ether oxygens (including phenoxy) is 3. The van der Waals surface area contributed by atoms with Crippen molar-refractivity contribution in [3.8, 4) is 11.5 Å². The number of hydrogen-bond acceptors (Lipinski definition) is 5. The predicted octanol–water partition coefficient (Wildman–Crippen LogP) is 4.80. The molecule has 1 amide bonds. The monoisotopic (exact) mass is 431 g/mol. The highest BCUT2D eigenvalue weighted by Gasteiger charge is 2.51. The van der Waals surface area contributed by atoms with Gasteiger partial charge in [0.25, 0.3) is 5.91 Å². The highest BCUT2D eigenvalue weighted by molar-refractivity contribution is 6.05. The Morgan fingerprint density at radius 3 is 2.16 bits per heavy atom. The number of carbonyl (C=O) groups is 2. The lowest BCUT2D eigenvalue weighted by molar-refractivity contribution is -0.135. The van der Waals surface area contributed by atoms with Crippen LogP contribution in [-0.4, -0.2) is 31.2 Å². The summed E-state index contributed by atoms with van der Waals surface area (Å²) in [6, 6.07) is 23.5. The molecule has 0 aromatic heterocycles. The van der Waals surface area contributed by atoms with Crippen molar-refractivity contribution in [2.75, 3.05) is 18.1 Å². The molecule has 1 aliphatic rings. The average Bonchev–Trinajstić information content (AvgIpc) is 2.83. The number of amides is 1. The second-order valence-corrected chi connectivity index (χ2v) is 7.27. The largest absolute Gasteiger partial charge is 0.494 e. The van der Waals surface area contributed by atoms with E-state index in [-0.39, 0.29) is 17.9 Å². The normalized spacial score (nSPS) is 17.4. The van der Waals surface area contributed by atoms with Crippen molar-refractivity contribution in [1.82, 2.24) is 0 Å². The number of rotatable bonds is 8. The molecule has 3 aromatic carbocycles. The van der Waals surface area contributed by atoms with Crippen LogP contribution in [-0.2, 0) is 9.53 Å². The number of para-hydroxylation sites is 1. The zero-order chi connectivity index (χ0) is 22.5. The van der Waals surface area contributed by atoms with Gasteiger partial charge in [-0.2, -0.15) is 0 Å². The van der Waals surface area contributed by atoms with E-state index in [1.165, 1.54) is 0 Å². The third-order valence-corrected chi connectivity index (χ3v) is 5.24. The van der Waals surface area contributed by atoms with E-state index in [1.807, 2.05) is 61.5 Å². The Balaban J connectivity index is 1.62. The number of anilines is 1. The van der Waals surface area contributed by atoms with Gasteiger partial charge < -0.3 is 14.2 Å². The SMILES string of the molecule is CCOC(=O)c1ccc(N2C(=O)[C@@H](Oc3ccccc3)[C@@H]2c2ccc(OCC)cc2)cc1. The van der Waals surface area contributed by atoms with Gasteiger partial charge in [0.1, 0.15) is 17.5 Å². The van der Waals surface area contributed by atoms with E-state index < -0.39 is 6.10 Å². The third kappa shape index (κ3) is 4.30. The molecule has 0 spiro atoms. The van der Waals surface area contributed by atoms with Crippen molar-refractivity contribution in [2.24, 2.45) is 0 Å². The molecule has 4 rings (SSSR count). The maximum Gasteiger partial charge on any atom is 0.338 e. The number of carbonyl (C=O) groups excluding carboxylic acids is 2. The van der Waals surface area contributed by atoms with Gasteiger partial charge >= 0.3 is 5.97 Å². The predicted molar refractivity (Wildman–Crippen MR) is 121 cm³/mol. The van der Waals surface area contributed by atoms with Crippen LogP contribution in [0.1, 0.15) is 35.8 Å². The molecular weight excluding hydrogens is 406 g/mol. The molecule has 2 atom stereocenters. The Hall–Kier alpha value is -3.80. The van der Waals surface area contributed by atoms with Crippen molar-refractivity contribution in [3.63, 3.8) is 0 Å². The van der Waals surface area contributed by atoms with Gasteiger partial charge in [-0.3, -0.25) is 9.69 Å². The van der Waals surface area contributed by atoms with Crippen LogP contribution in [0.15, 0.2) is 78.9 Å². The second kappa shape index (κ2) is 9.56. The summed E-state index contributed by atoms with van der Waals surface area (Å²) in [7, 11) is 0. The minimum Gasteiger partial charge on any atom is -0.494 e. The van der Waals surface area contributed by atoms with Crippen molar-refractivity contribution in [1.29, 1.82) is 0 Å². The zero-order valence-electron chi connectivity index (χ0n) is 18.1. The summed E-state index contributed by atoms with van der Waals surface area (Å²) in [5.41, 5.74) is 2.07. The van der Waals surface area contributed by atoms with Gasteiger partial charge in [-0.15, -0.1) is 0 Å². The Bertz CT molecular complexity index is 1060. The van der Waals surface area contributed by atoms with E-state index in [9.17, 15) is 9.59 Å². The topological polar surface area (TPSA) is 65.1 Å². The highest BCUT2D eigenvalue weighted by Crippen LogP contribution is 2.41. The molecule has 1 aliphatic heterocycles. The van der Waals surface area contributed by atoms with Crippen molar-refractivity contribution >= 4 is 17.6 Å². The van der Waals surface area contributed by atoms with Gasteiger partial charge in [0, 0.05) is 5.69 Å². The van der Waals surface area contributed by atoms with E-state index in [1.54, 1.807) is 36.1 Å². The smallest absolute Gasteiger partial charge is 0.338 e.